The van der Waals surface area contributed by atoms with Crippen molar-refractivity contribution in [3.8, 4) is 45.8 Å². The molecule has 0 saturated carbocycles. The number of aromatic carboxylic acids is 1. The first-order valence-electron chi connectivity index (χ1n) is 17.9. The van der Waals surface area contributed by atoms with E-state index < -0.39 is 23.7 Å². The van der Waals surface area contributed by atoms with Crippen molar-refractivity contribution in [2.45, 2.75) is 39.2 Å². The van der Waals surface area contributed by atoms with E-state index in [2.05, 4.69) is 14.1 Å². The summed E-state index contributed by atoms with van der Waals surface area (Å²) in [6.45, 7) is 2.19. The molecule has 0 bridgehead atoms. The molecule has 12 nitrogen and oxygen atoms in total. The molecule has 5 aromatic carbocycles. The third kappa shape index (κ3) is 8.68. The molecule has 0 aliphatic heterocycles. The van der Waals surface area contributed by atoms with Crippen LogP contribution in [-0.4, -0.2) is 57.6 Å². The first-order valence-corrected chi connectivity index (χ1v) is 17.9. The molecule has 0 spiro atoms. The van der Waals surface area contributed by atoms with Gasteiger partial charge in [0.2, 0.25) is 0 Å². The van der Waals surface area contributed by atoms with Gasteiger partial charge in [-0.1, -0.05) is 12.1 Å². The quantitative estimate of drug-likeness (QED) is 0.125. The zero-order chi connectivity index (χ0) is 41.7. The minimum Gasteiger partial charge on any atom is -0.550 e. The minimum atomic E-state index is -4.55. The van der Waals surface area contributed by atoms with Crippen LogP contribution in [0.3, 0.4) is 0 Å². The van der Waals surface area contributed by atoms with Crippen LogP contribution in [0.4, 0.5) is 13.2 Å². The Kier molecular flexibility index (Phi) is 11.9. The van der Waals surface area contributed by atoms with E-state index in [0.29, 0.717) is 60.0 Å². The van der Waals surface area contributed by atoms with Crippen molar-refractivity contribution in [2.75, 3.05) is 21.3 Å². The highest BCUT2D eigenvalue weighted by Gasteiger charge is 2.32. The molecule has 0 amide bonds. The monoisotopic (exact) mass is 796 g/mol. The molecule has 0 saturated heterocycles. The van der Waals surface area contributed by atoms with Crippen molar-refractivity contribution in [1.82, 2.24) is 14.1 Å². The highest BCUT2D eigenvalue weighted by atomic mass is 19.4. The lowest BCUT2D eigenvalue weighted by molar-refractivity contribution is -0.661. The Bertz CT molecular complexity index is 2590. The zero-order valence-electron chi connectivity index (χ0n) is 31.9. The topological polar surface area (TPSA) is 152 Å². The average molecular weight is 797 g/mol. The maximum atomic E-state index is 13.7. The number of hydrogen-bond acceptors (Lipinski definition) is 8. The SMILES string of the molecule is CC(=O)[O-].COc1ccc(Cn2c(-c3ccc(OC)cc3)[n+](CCCn3c(-c4ccc(O)c(OC)c4)nc4cc(C(F)(F)F)ccc43)c3ccc(C(=O)O)cc32)cc1. The highest BCUT2D eigenvalue weighted by molar-refractivity contribution is 5.92. The molecule has 15 heteroatoms. The van der Waals surface area contributed by atoms with E-state index >= 15 is 0 Å². The number of phenolic OH excluding ortho intramolecular Hbond substituents is 1. The maximum Gasteiger partial charge on any atom is 0.416 e. The summed E-state index contributed by atoms with van der Waals surface area (Å²) in [7, 11) is 4.61. The predicted octanol–water partition coefficient (Wildman–Crippen LogP) is 6.96. The highest BCUT2D eigenvalue weighted by Crippen LogP contribution is 2.36. The molecule has 0 aliphatic rings. The average Bonchev–Trinajstić information content (AvgIpc) is 3.72. The van der Waals surface area contributed by atoms with Crippen LogP contribution in [0.1, 0.15) is 34.8 Å². The number of benzene rings is 5. The number of hydrogen-bond donors (Lipinski definition) is 2. The van der Waals surface area contributed by atoms with E-state index in [1.54, 1.807) is 44.6 Å². The smallest absolute Gasteiger partial charge is 0.416 e. The third-order valence-electron chi connectivity index (χ3n) is 9.44. The number of aryl methyl sites for hydroxylation is 2. The molecule has 7 aromatic rings. The van der Waals surface area contributed by atoms with E-state index in [-0.39, 0.29) is 22.6 Å². The molecular formula is C43H39F3N4O8. The van der Waals surface area contributed by atoms with Crippen molar-refractivity contribution < 1.29 is 56.9 Å². The molecule has 0 aliphatic carbocycles. The van der Waals surface area contributed by atoms with E-state index in [1.165, 1.54) is 19.2 Å². The van der Waals surface area contributed by atoms with Gasteiger partial charge in [0.25, 0.3) is 5.82 Å². The van der Waals surface area contributed by atoms with Crippen LogP contribution < -0.4 is 23.9 Å². The van der Waals surface area contributed by atoms with Gasteiger partial charge in [-0.2, -0.15) is 13.2 Å². The summed E-state index contributed by atoms with van der Waals surface area (Å²) < 4.78 is 63.4. The molecule has 0 radical (unpaired) electrons. The standard InChI is InChI=1S/C41H35F3N4O6.C2H4O2/c1-52-30-12-5-25(6-13-30)24-48-35-21-28(40(50)51)9-16-34(35)47(39(48)26-7-14-31(53-2)15-8-26)20-4-19-46-33-17-11-29(41(42,43)44)23-32(33)45-38(46)27-10-18-36(49)37(22-27)54-3;1-2(3)4/h5-18,21-23H,4,19-20,24H2,1-3H3,(H-,45,49,50,51);1H3,(H,3,4). The Balaban J connectivity index is 0.00000135. The molecule has 300 valence electrons. The molecule has 2 N–H and O–H groups in total. The number of aromatic nitrogens is 4. The van der Waals surface area contributed by atoms with E-state index in [1.807, 2.05) is 53.1 Å². The number of alkyl halides is 3. The molecule has 7 rings (SSSR count). The Morgan fingerprint density at radius 2 is 1.43 bits per heavy atom. The van der Waals surface area contributed by atoms with Crippen LogP contribution in [0, 0.1) is 0 Å². The fraction of sp³-hybridized carbons (Fsp3) is 0.209. The normalized spacial score (nSPS) is 11.3. The van der Waals surface area contributed by atoms with Gasteiger partial charge in [-0.15, -0.1) is 0 Å². The second-order valence-electron chi connectivity index (χ2n) is 13.2. The molecule has 58 heavy (non-hydrogen) atoms. The lowest BCUT2D eigenvalue weighted by Crippen LogP contribution is -2.36. The van der Waals surface area contributed by atoms with Gasteiger partial charge in [0.1, 0.15) is 23.9 Å². The van der Waals surface area contributed by atoms with Gasteiger partial charge in [0.05, 0.1) is 55.6 Å². The number of fused-ring (bicyclic) bond motifs is 2. The van der Waals surface area contributed by atoms with E-state index in [9.17, 15) is 28.2 Å². The van der Waals surface area contributed by atoms with Crippen LogP contribution in [0.2, 0.25) is 0 Å². The van der Waals surface area contributed by atoms with Gasteiger partial charge in [0.15, 0.2) is 22.5 Å². The summed E-state index contributed by atoms with van der Waals surface area (Å²) in [6.07, 6.45) is -4.04. The Labute approximate surface area is 330 Å². The Morgan fingerprint density at radius 1 is 0.793 bits per heavy atom. The maximum absolute atomic E-state index is 13.7. The Morgan fingerprint density at radius 3 is 2.03 bits per heavy atom. The first-order chi connectivity index (χ1) is 27.7. The van der Waals surface area contributed by atoms with Crippen molar-refractivity contribution in [1.29, 1.82) is 0 Å². The largest absolute Gasteiger partial charge is 0.550 e. The van der Waals surface area contributed by atoms with Crippen molar-refractivity contribution >= 4 is 34.0 Å². The number of methoxy groups -OCH3 is 3. The van der Waals surface area contributed by atoms with Crippen LogP contribution in [0.15, 0.2) is 103 Å². The predicted molar refractivity (Wildman–Crippen MR) is 207 cm³/mol. The van der Waals surface area contributed by atoms with Gasteiger partial charge in [-0.25, -0.2) is 18.9 Å². The number of carbonyl (C=O) groups excluding carboxylic acids is 1. The third-order valence-corrected chi connectivity index (χ3v) is 9.44. The Hall–Kier alpha value is -7.03. The summed E-state index contributed by atoms with van der Waals surface area (Å²) in [6, 6.07) is 28.6. The summed E-state index contributed by atoms with van der Waals surface area (Å²) in [4.78, 5) is 25.7. The molecule has 2 heterocycles. The number of rotatable bonds is 12. The fourth-order valence-electron chi connectivity index (χ4n) is 6.78. The lowest BCUT2D eigenvalue weighted by Gasteiger charge is -2.12. The number of phenols is 1. The lowest BCUT2D eigenvalue weighted by atomic mass is 10.1. The van der Waals surface area contributed by atoms with Gasteiger partial charge >= 0.3 is 12.1 Å². The number of nitrogens with zero attached hydrogens (tertiary/aromatic N) is 4. The summed E-state index contributed by atoms with van der Waals surface area (Å²) in [5.74, 6) is 0.605. The van der Waals surface area contributed by atoms with E-state index in [0.717, 1.165) is 41.5 Å². The number of carboxylic acids is 2. The molecule has 0 unspecified atom stereocenters. The zero-order valence-corrected chi connectivity index (χ0v) is 31.9. The molecule has 0 atom stereocenters. The first kappa shape index (κ1) is 40.6. The van der Waals surface area contributed by atoms with Crippen LogP contribution in [-0.2, 0) is 30.6 Å². The number of carbonyl (C=O) groups is 2. The van der Waals surface area contributed by atoms with Crippen LogP contribution in [0.5, 0.6) is 23.0 Å². The number of imidazole rings is 2. The van der Waals surface area contributed by atoms with Gasteiger partial charge < -0.3 is 38.9 Å². The summed E-state index contributed by atoms with van der Waals surface area (Å²) in [5, 5.41) is 29.1. The molecule has 0 fully saturated rings. The van der Waals surface area contributed by atoms with Crippen molar-refractivity contribution in [2.24, 2.45) is 0 Å². The second kappa shape index (κ2) is 17.0. The van der Waals surface area contributed by atoms with Gasteiger partial charge in [-0.05, 0) is 97.4 Å². The number of halogens is 3. The van der Waals surface area contributed by atoms with Gasteiger partial charge in [0, 0.05) is 30.6 Å². The second-order valence-corrected chi connectivity index (χ2v) is 13.2. The number of aliphatic carboxylic acids is 1. The summed E-state index contributed by atoms with van der Waals surface area (Å²) in [5.41, 5.74) is 3.91. The minimum absolute atomic E-state index is 0.0807. The van der Waals surface area contributed by atoms with Crippen molar-refractivity contribution in [3.63, 3.8) is 0 Å². The van der Waals surface area contributed by atoms with Gasteiger partial charge in [-0.3, -0.25) is 0 Å². The molecular weight excluding hydrogens is 757 g/mol. The van der Waals surface area contributed by atoms with E-state index in [4.69, 9.17) is 24.1 Å². The number of ether oxygens (including phenoxy) is 3. The summed E-state index contributed by atoms with van der Waals surface area (Å²) >= 11 is 0. The number of carboxylic acid groups (broad SMARTS) is 2. The van der Waals surface area contributed by atoms with Crippen LogP contribution >= 0.6 is 0 Å². The fourth-order valence-corrected chi connectivity index (χ4v) is 6.78. The van der Waals surface area contributed by atoms with Crippen LogP contribution in [0.25, 0.3) is 44.8 Å². The number of aromatic hydroxyl groups is 1. The molecule has 2 aromatic heterocycles. The van der Waals surface area contributed by atoms with Crippen molar-refractivity contribution in [3.05, 3.63) is 120 Å².